The van der Waals surface area contributed by atoms with Crippen LogP contribution in [0.5, 0.6) is 11.6 Å². The highest BCUT2D eigenvalue weighted by atomic mass is 19.4. The summed E-state index contributed by atoms with van der Waals surface area (Å²) in [4.78, 5) is 19.6. The number of hydrogen-bond acceptors (Lipinski definition) is 6. The minimum atomic E-state index is -4.67. The number of halogens is 6. The summed E-state index contributed by atoms with van der Waals surface area (Å²) in [6.45, 7) is -0.00674. The second-order valence-corrected chi connectivity index (χ2v) is 7.44. The van der Waals surface area contributed by atoms with Crippen molar-refractivity contribution >= 4 is 16.8 Å². The van der Waals surface area contributed by atoms with Gasteiger partial charge in [0.15, 0.2) is 0 Å². The molecule has 0 radical (unpaired) electrons. The van der Waals surface area contributed by atoms with Crippen molar-refractivity contribution in [2.24, 2.45) is 0 Å². The SMILES string of the molecule is O=C(NCCc1cnc(C(F)(F)F)nc1)c1c(Oc2cccc(C(F)(F)F)c2)nnc2ccccc12. The number of aromatic nitrogens is 4. The molecule has 36 heavy (non-hydrogen) atoms. The monoisotopic (exact) mass is 507 g/mol. The van der Waals surface area contributed by atoms with Crippen molar-refractivity contribution in [3.8, 4) is 11.6 Å². The first-order valence-corrected chi connectivity index (χ1v) is 10.3. The van der Waals surface area contributed by atoms with E-state index in [4.69, 9.17) is 4.74 Å². The molecule has 13 heteroatoms. The van der Waals surface area contributed by atoms with Crippen molar-refractivity contribution in [1.82, 2.24) is 25.5 Å². The number of nitrogens with zero attached hydrogens (tertiary/aromatic N) is 4. The summed E-state index contributed by atoms with van der Waals surface area (Å²) >= 11 is 0. The molecule has 0 bridgehead atoms. The fraction of sp³-hybridized carbons (Fsp3) is 0.174. The zero-order valence-corrected chi connectivity index (χ0v) is 18.1. The molecule has 1 amide bonds. The van der Waals surface area contributed by atoms with Crippen LogP contribution in [-0.4, -0.2) is 32.6 Å². The van der Waals surface area contributed by atoms with Gasteiger partial charge in [-0.2, -0.15) is 26.3 Å². The van der Waals surface area contributed by atoms with Gasteiger partial charge >= 0.3 is 12.4 Å². The second-order valence-electron chi connectivity index (χ2n) is 7.44. The van der Waals surface area contributed by atoms with Crippen LogP contribution in [-0.2, 0) is 18.8 Å². The summed E-state index contributed by atoms with van der Waals surface area (Å²) in [5, 5.41) is 10.8. The van der Waals surface area contributed by atoms with E-state index >= 15 is 0 Å². The van der Waals surface area contributed by atoms with Crippen LogP contribution in [0.2, 0.25) is 0 Å². The normalized spacial score (nSPS) is 11.9. The van der Waals surface area contributed by atoms with Crippen molar-refractivity contribution in [3.63, 3.8) is 0 Å². The summed E-state index contributed by atoms with van der Waals surface area (Å²) in [6, 6.07) is 10.5. The van der Waals surface area contributed by atoms with Gasteiger partial charge in [0.2, 0.25) is 5.82 Å². The molecule has 0 atom stereocenters. The fourth-order valence-corrected chi connectivity index (χ4v) is 3.21. The van der Waals surface area contributed by atoms with E-state index in [-0.39, 0.29) is 30.2 Å². The maximum Gasteiger partial charge on any atom is 0.451 e. The Hall–Kier alpha value is -4.29. The van der Waals surface area contributed by atoms with Crippen LogP contribution in [0.25, 0.3) is 10.9 Å². The van der Waals surface area contributed by atoms with Gasteiger partial charge < -0.3 is 10.1 Å². The lowest BCUT2D eigenvalue weighted by Crippen LogP contribution is -2.27. The van der Waals surface area contributed by atoms with Gasteiger partial charge in [0.05, 0.1) is 11.1 Å². The second kappa shape index (κ2) is 9.76. The number of nitrogens with one attached hydrogen (secondary N) is 1. The first kappa shape index (κ1) is 24.8. The molecule has 0 fully saturated rings. The molecule has 0 aliphatic carbocycles. The maximum absolute atomic E-state index is 13.1. The summed E-state index contributed by atoms with van der Waals surface area (Å²) < 4.78 is 82.6. The minimum absolute atomic E-state index is 0.00674. The van der Waals surface area contributed by atoms with Crippen molar-refractivity contribution in [1.29, 1.82) is 0 Å². The van der Waals surface area contributed by atoms with Gasteiger partial charge in [-0.1, -0.05) is 24.3 Å². The Bertz CT molecular complexity index is 1390. The van der Waals surface area contributed by atoms with Crippen molar-refractivity contribution in [2.75, 3.05) is 6.54 Å². The van der Waals surface area contributed by atoms with Crippen LogP contribution in [0.3, 0.4) is 0 Å². The molecule has 7 nitrogen and oxygen atoms in total. The Kier molecular flexibility index (Phi) is 6.73. The van der Waals surface area contributed by atoms with Crippen LogP contribution in [0, 0.1) is 0 Å². The third-order valence-corrected chi connectivity index (χ3v) is 4.90. The highest BCUT2D eigenvalue weighted by molar-refractivity contribution is 6.07. The van der Waals surface area contributed by atoms with E-state index in [2.05, 4.69) is 25.5 Å². The van der Waals surface area contributed by atoms with E-state index in [0.29, 0.717) is 16.5 Å². The zero-order valence-electron chi connectivity index (χ0n) is 18.1. The molecule has 0 aliphatic rings. The van der Waals surface area contributed by atoms with Gasteiger partial charge in [0.1, 0.15) is 11.3 Å². The number of fused-ring (bicyclic) bond motifs is 1. The van der Waals surface area contributed by atoms with Gasteiger partial charge in [0, 0.05) is 24.3 Å². The highest BCUT2D eigenvalue weighted by Crippen LogP contribution is 2.34. The van der Waals surface area contributed by atoms with Gasteiger partial charge in [-0.25, -0.2) is 9.97 Å². The molecule has 0 saturated carbocycles. The minimum Gasteiger partial charge on any atom is -0.437 e. The number of alkyl halides is 6. The molecule has 0 spiro atoms. The van der Waals surface area contributed by atoms with Crippen LogP contribution < -0.4 is 10.1 Å². The van der Waals surface area contributed by atoms with Crippen molar-refractivity contribution in [2.45, 2.75) is 18.8 Å². The van der Waals surface area contributed by atoms with Gasteiger partial charge in [-0.05, 0) is 36.2 Å². The lowest BCUT2D eigenvalue weighted by Gasteiger charge is -2.13. The summed E-state index contributed by atoms with van der Waals surface area (Å²) in [5.41, 5.74) is -0.322. The topological polar surface area (TPSA) is 89.9 Å². The molecule has 2 aromatic carbocycles. The Morgan fingerprint density at radius 1 is 0.889 bits per heavy atom. The molecule has 4 aromatic rings. The predicted octanol–water partition coefficient (Wildman–Crippen LogP) is 5.22. The standard InChI is InChI=1S/C23H15F6N5O2/c24-22(25,26)14-4-3-5-15(10-14)36-20-18(16-6-1-2-7-17(16)33-34-20)19(35)30-9-8-13-11-31-21(32-12-13)23(27,28)29/h1-7,10-12H,8-9H2,(H,30,35). The Morgan fingerprint density at radius 2 is 1.61 bits per heavy atom. The van der Waals surface area contributed by atoms with E-state index in [1.165, 1.54) is 6.07 Å². The van der Waals surface area contributed by atoms with E-state index in [1.54, 1.807) is 24.3 Å². The molecular weight excluding hydrogens is 492 g/mol. The predicted molar refractivity (Wildman–Crippen MR) is 114 cm³/mol. The molecule has 0 saturated heterocycles. The van der Waals surface area contributed by atoms with Gasteiger partial charge in [-0.15, -0.1) is 10.2 Å². The number of benzene rings is 2. The number of carbonyl (C=O) groups is 1. The third kappa shape index (κ3) is 5.67. The molecule has 0 unspecified atom stereocenters. The first-order chi connectivity index (χ1) is 17.0. The van der Waals surface area contributed by atoms with Gasteiger partial charge in [-0.3, -0.25) is 4.79 Å². The zero-order chi connectivity index (χ0) is 25.9. The average molecular weight is 507 g/mol. The number of amides is 1. The molecule has 2 heterocycles. The van der Waals surface area contributed by atoms with E-state index in [1.807, 2.05) is 0 Å². The maximum atomic E-state index is 13.1. The summed E-state index contributed by atoms with van der Waals surface area (Å²) in [5.74, 6) is -2.47. The lowest BCUT2D eigenvalue weighted by molar-refractivity contribution is -0.145. The summed E-state index contributed by atoms with van der Waals surface area (Å²) in [6.07, 6.45) is -7.14. The average Bonchev–Trinajstić information content (AvgIpc) is 2.83. The number of carbonyl (C=O) groups excluding carboxylic acids is 1. The largest absolute Gasteiger partial charge is 0.451 e. The van der Waals surface area contributed by atoms with Crippen LogP contribution >= 0.6 is 0 Å². The van der Waals surface area contributed by atoms with Crippen LogP contribution in [0.15, 0.2) is 60.9 Å². The Morgan fingerprint density at radius 3 is 2.31 bits per heavy atom. The summed E-state index contributed by atoms with van der Waals surface area (Å²) in [7, 11) is 0. The quantitative estimate of drug-likeness (QED) is 0.360. The van der Waals surface area contributed by atoms with Crippen molar-refractivity contribution < 1.29 is 35.9 Å². The van der Waals surface area contributed by atoms with Gasteiger partial charge in [0.25, 0.3) is 11.8 Å². The Labute approximate surface area is 199 Å². The third-order valence-electron chi connectivity index (χ3n) is 4.90. The van der Waals surface area contributed by atoms with Crippen LogP contribution in [0.4, 0.5) is 26.3 Å². The van der Waals surface area contributed by atoms with E-state index in [0.717, 1.165) is 30.6 Å². The molecule has 4 rings (SSSR count). The van der Waals surface area contributed by atoms with Crippen LogP contribution in [0.1, 0.15) is 27.3 Å². The molecular formula is C23H15F6N5O2. The molecule has 0 aliphatic heterocycles. The first-order valence-electron chi connectivity index (χ1n) is 10.3. The lowest BCUT2D eigenvalue weighted by atomic mass is 10.1. The molecule has 186 valence electrons. The smallest absolute Gasteiger partial charge is 0.437 e. The number of hydrogen-bond donors (Lipinski definition) is 1. The van der Waals surface area contributed by atoms with E-state index in [9.17, 15) is 31.1 Å². The fourth-order valence-electron chi connectivity index (χ4n) is 3.21. The molecule has 1 N–H and O–H groups in total. The van der Waals surface area contributed by atoms with Crippen molar-refractivity contribution in [3.05, 3.63) is 83.4 Å². The number of rotatable bonds is 6. The van der Waals surface area contributed by atoms with E-state index < -0.39 is 29.6 Å². The Balaban J connectivity index is 1.56. The highest BCUT2D eigenvalue weighted by Gasteiger charge is 2.34. The molecule has 2 aromatic heterocycles. The number of ether oxygens (including phenoxy) is 1.